The first-order chi connectivity index (χ1) is 13.9. The lowest BCUT2D eigenvalue weighted by Gasteiger charge is -2.20. The Morgan fingerprint density at radius 2 is 2.00 bits per heavy atom. The van der Waals surface area contributed by atoms with Gasteiger partial charge in [0.05, 0.1) is 30.1 Å². The smallest absolute Gasteiger partial charge is 0.230 e. The Balaban J connectivity index is 1.81. The van der Waals surface area contributed by atoms with E-state index in [0.717, 1.165) is 16.8 Å². The van der Waals surface area contributed by atoms with E-state index >= 15 is 0 Å². The summed E-state index contributed by atoms with van der Waals surface area (Å²) in [5, 5.41) is 11.5. The van der Waals surface area contributed by atoms with Gasteiger partial charge in [-0.15, -0.1) is 11.3 Å². The fourth-order valence-electron chi connectivity index (χ4n) is 2.94. The van der Waals surface area contributed by atoms with Gasteiger partial charge in [-0.25, -0.2) is 4.98 Å². The minimum absolute atomic E-state index is 0.104. The van der Waals surface area contributed by atoms with Gasteiger partial charge in [0.1, 0.15) is 6.61 Å². The summed E-state index contributed by atoms with van der Waals surface area (Å²) in [4.78, 5) is 18.5. The Labute approximate surface area is 174 Å². The molecular formula is C22H21N3O3S. The summed E-state index contributed by atoms with van der Waals surface area (Å²) in [5.74, 6) is 0.909. The van der Waals surface area contributed by atoms with Gasteiger partial charge in [-0.1, -0.05) is 17.7 Å². The topological polar surface area (TPSA) is 75.5 Å². The molecule has 0 aliphatic carbocycles. The van der Waals surface area contributed by atoms with Crippen LogP contribution < -0.4 is 14.4 Å². The van der Waals surface area contributed by atoms with Crippen LogP contribution in [0, 0.1) is 25.2 Å². The molecule has 0 saturated heterocycles. The number of ether oxygens (including phenoxy) is 2. The highest BCUT2D eigenvalue weighted by atomic mass is 32.1. The van der Waals surface area contributed by atoms with E-state index in [-0.39, 0.29) is 12.5 Å². The molecule has 0 saturated carbocycles. The van der Waals surface area contributed by atoms with Crippen LogP contribution >= 0.6 is 11.3 Å². The van der Waals surface area contributed by atoms with E-state index in [0.29, 0.717) is 27.9 Å². The Bertz CT molecular complexity index is 1090. The van der Waals surface area contributed by atoms with Gasteiger partial charge in [-0.05, 0) is 37.6 Å². The summed E-state index contributed by atoms with van der Waals surface area (Å²) < 4.78 is 11.1. The highest BCUT2D eigenvalue weighted by Gasteiger charge is 2.20. The largest absolute Gasteiger partial charge is 0.493 e. The van der Waals surface area contributed by atoms with Gasteiger partial charge in [-0.2, -0.15) is 5.26 Å². The van der Waals surface area contributed by atoms with Crippen LogP contribution in [0.15, 0.2) is 41.8 Å². The molecule has 0 unspecified atom stereocenters. The lowest BCUT2D eigenvalue weighted by atomic mass is 10.1. The number of methoxy groups -OCH3 is 1. The van der Waals surface area contributed by atoms with Gasteiger partial charge >= 0.3 is 0 Å². The number of aromatic nitrogens is 1. The van der Waals surface area contributed by atoms with Gasteiger partial charge in [0.25, 0.3) is 0 Å². The number of hydrogen-bond donors (Lipinski definition) is 0. The van der Waals surface area contributed by atoms with E-state index < -0.39 is 0 Å². The number of carbonyl (C=O) groups is 1. The van der Waals surface area contributed by atoms with Gasteiger partial charge < -0.3 is 9.47 Å². The monoisotopic (exact) mass is 407 g/mol. The fourth-order valence-corrected chi connectivity index (χ4v) is 3.80. The third-order valence-electron chi connectivity index (χ3n) is 4.31. The normalized spacial score (nSPS) is 10.3. The first kappa shape index (κ1) is 20.4. The molecule has 3 rings (SSSR count). The van der Waals surface area contributed by atoms with Crippen molar-refractivity contribution in [2.24, 2.45) is 0 Å². The van der Waals surface area contributed by atoms with E-state index in [1.807, 2.05) is 37.4 Å². The van der Waals surface area contributed by atoms with Crippen molar-refractivity contribution in [1.82, 2.24) is 4.98 Å². The zero-order valence-electron chi connectivity index (χ0n) is 16.7. The van der Waals surface area contributed by atoms with Crippen molar-refractivity contribution < 1.29 is 14.3 Å². The van der Waals surface area contributed by atoms with Crippen molar-refractivity contribution in [1.29, 1.82) is 5.26 Å². The summed E-state index contributed by atoms with van der Waals surface area (Å²) in [5.41, 5.74) is 4.16. The number of aryl methyl sites for hydroxylation is 2. The summed E-state index contributed by atoms with van der Waals surface area (Å²) >= 11 is 1.38. The lowest BCUT2D eigenvalue weighted by Crippen LogP contribution is -2.23. The molecule has 2 aromatic carbocycles. The third kappa shape index (κ3) is 4.55. The second kappa shape index (κ2) is 8.76. The molecule has 29 heavy (non-hydrogen) atoms. The Morgan fingerprint density at radius 1 is 1.21 bits per heavy atom. The Morgan fingerprint density at radius 3 is 2.66 bits per heavy atom. The molecule has 0 aliphatic rings. The van der Waals surface area contributed by atoms with E-state index in [9.17, 15) is 4.79 Å². The average Bonchev–Trinajstić information content (AvgIpc) is 3.16. The molecular weight excluding hydrogens is 386 g/mol. The molecule has 1 aromatic heterocycles. The first-order valence-electron chi connectivity index (χ1n) is 8.96. The highest BCUT2D eigenvalue weighted by Crippen LogP contribution is 2.33. The van der Waals surface area contributed by atoms with Crippen LogP contribution in [0.1, 0.15) is 29.3 Å². The second-order valence-corrected chi connectivity index (χ2v) is 7.37. The van der Waals surface area contributed by atoms with Crippen LogP contribution in [0.5, 0.6) is 11.5 Å². The molecule has 148 valence electrons. The zero-order chi connectivity index (χ0) is 21.0. The Hall–Kier alpha value is -3.37. The second-order valence-electron chi connectivity index (χ2n) is 6.53. The minimum atomic E-state index is -0.104. The quantitative estimate of drug-likeness (QED) is 0.581. The Kier molecular flexibility index (Phi) is 6.15. The molecule has 7 heteroatoms. The number of anilines is 2. The summed E-state index contributed by atoms with van der Waals surface area (Å²) in [6, 6.07) is 13.0. The molecule has 6 nitrogen and oxygen atoms in total. The number of nitrogens with zero attached hydrogens (tertiary/aromatic N) is 3. The lowest BCUT2D eigenvalue weighted by molar-refractivity contribution is -0.115. The highest BCUT2D eigenvalue weighted by molar-refractivity contribution is 7.14. The molecule has 0 aliphatic heterocycles. The van der Waals surface area contributed by atoms with E-state index in [2.05, 4.69) is 11.1 Å². The van der Waals surface area contributed by atoms with Crippen molar-refractivity contribution in [2.45, 2.75) is 27.4 Å². The van der Waals surface area contributed by atoms with Crippen molar-refractivity contribution in [3.8, 4) is 17.6 Å². The zero-order valence-corrected chi connectivity index (χ0v) is 17.5. The average molecular weight is 407 g/mol. The molecule has 3 aromatic rings. The van der Waals surface area contributed by atoms with Gasteiger partial charge in [0, 0.05) is 18.4 Å². The molecule has 1 heterocycles. The number of thiazole rings is 1. The molecule has 0 radical (unpaired) electrons. The van der Waals surface area contributed by atoms with Crippen LogP contribution in [-0.4, -0.2) is 18.0 Å². The number of nitriles is 1. The van der Waals surface area contributed by atoms with E-state index in [1.165, 1.54) is 25.4 Å². The van der Waals surface area contributed by atoms with Crippen molar-refractivity contribution >= 4 is 28.1 Å². The van der Waals surface area contributed by atoms with Crippen molar-refractivity contribution in [3.05, 3.63) is 64.2 Å². The number of benzene rings is 2. The maximum atomic E-state index is 12.3. The van der Waals surface area contributed by atoms with Crippen LogP contribution in [0.4, 0.5) is 10.8 Å². The van der Waals surface area contributed by atoms with Crippen molar-refractivity contribution in [3.63, 3.8) is 0 Å². The van der Waals surface area contributed by atoms with Crippen molar-refractivity contribution in [2.75, 3.05) is 12.0 Å². The molecule has 0 spiro atoms. The van der Waals surface area contributed by atoms with Gasteiger partial charge in [0.2, 0.25) is 5.91 Å². The van der Waals surface area contributed by atoms with Crippen LogP contribution in [0.3, 0.4) is 0 Å². The van der Waals surface area contributed by atoms with Gasteiger partial charge in [-0.3, -0.25) is 9.69 Å². The molecule has 0 N–H and O–H groups in total. The molecule has 0 atom stereocenters. The summed E-state index contributed by atoms with van der Waals surface area (Å²) in [7, 11) is 1.53. The van der Waals surface area contributed by atoms with E-state index in [1.54, 1.807) is 23.1 Å². The molecule has 1 amide bonds. The fraction of sp³-hybridized carbons (Fsp3) is 0.227. The van der Waals surface area contributed by atoms with Crippen LogP contribution in [0.25, 0.3) is 0 Å². The molecule has 0 fully saturated rings. The van der Waals surface area contributed by atoms with Crippen LogP contribution in [0.2, 0.25) is 0 Å². The third-order valence-corrected chi connectivity index (χ3v) is 5.18. The van der Waals surface area contributed by atoms with Crippen LogP contribution in [-0.2, 0) is 11.4 Å². The predicted octanol–water partition coefficient (Wildman–Crippen LogP) is 4.90. The maximum absolute atomic E-state index is 12.3. The number of rotatable bonds is 6. The number of amides is 1. The maximum Gasteiger partial charge on any atom is 0.230 e. The summed E-state index contributed by atoms with van der Waals surface area (Å²) in [6.07, 6.45) is 0. The van der Waals surface area contributed by atoms with Gasteiger partial charge in [0.15, 0.2) is 16.6 Å². The standard InChI is InChI=1S/C22H21N3O3S/c1-14-5-7-19(15(2)9-14)25(16(3)26)22-24-18(13-29-22)12-28-20-8-6-17(11-23)10-21(20)27-4/h5-10,13H,12H2,1-4H3. The van der Waals surface area contributed by atoms with E-state index in [4.69, 9.17) is 14.7 Å². The summed E-state index contributed by atoms with van der Waals surface area (Å²) in [6.45, 7) is 5.74. The molecule has 0 bridgehead atoms. The predicted molar refractivity (Wildman–Crippen MR) is 113 cm³/mol. The first-order valence-corrected chi connectivity index (χ1v) is 9.84. The number of carbonyl (C=O) groups excluding carboxylic acids is 1. The minimum Gasteiger partial charge on any atom is -0.493 e. The number of hydrogen-bond acceptors (Lipinski definition) is 6. The SMILES string of the molecule is COc1cc(C#N)ccc1OCc1csc(N(C(C)=O)c2ccc(C)cc2C)n1.